The molecular formula is C21H34N4OS. The number of rotatable bonds is 5. The van der Waals surface area contributed by atoms with Gasteiger partial charge < -0.3 is 15.0 Å². The van der Waals surface area contributed by atoms with Gasteiger partial charge in [0.1, 0.15) is 0 Å². The van der Waals surface area contributed by atoms with Crippen molar-refractivity contribution in [3.05, 3.63) is 35.4 Å². The van der Waals surface area contributed by atoms with E-state index in [2.05, 4.69) is 70.0 Å². The first-order chi connectivity index (χ1) is 13.2. The Hall–Kier alpha value is -1.24. The van der Waals surface area contributed by atoms with E-state index in [0.717, 1.165) is 57.1 Å². The number of guanidine groups is 1. The molecule has 2 atom stereocenters. The first kappa shape index (κ1) is 20.5. The van der Waals surface area contributed by atoms with Gasteiger partial charge in [-0.2, -0.15) is 11.8 Å². The first-order valence-electron chi connectivity index (χ1n) is 10.2. The number of morpholine rings is 1. The predicted octanol–water partition coefficient (Wildman–Crippen LogP) is 2.81. The average Bonchev–Trinajstić information content (AvgIpc) is 2.69. The highest BCUT2D eigenvalue weighted by Crippen LogP contribution is 2.21. The summed E-state index contributed by atoms with van der Waals surface area (Å²) in [6.07, 6.45) is 1.56. The number of aliphatic imine (C=N–C) groups is 1. The van der Waals surface area contributed by atoms with Gasteiger partial charge in [0, 0.05) is 57.3 Å². The molecule has 5 nitrogen and oxygen atoms in total. The van der Waals surface area contributed by atoms with Crippen LogP contribution in [0.1, 0.15) is 31.4 Å². The van der Waals surface area contributed by atoms with Gasteiger partial charge in [0.2, 0.25) is 0 Å². The number of ether oxygens (including phenoxy) is 1. The maximum absolute atomic E-state index is 5.65. The van der Waals surface area contributed by atoms with Crippen LogP contribution in [0.3, 0.4) is 0 Å². The monoisotopic (exact) mass is 390 g/mol. The van der Waals surface area contributed by atoms with Gasteiger partial charge >= 0.3 is 0 Å². The maximum atomic E-state index is 5.65. The van der Waals surface area contributed by atoms with Crippen LogP contribution in [0.4, 0.5) is 0 Å². The van der Waals surface area contributed by atoms with Crippen molar-refractivity contribution in [1.82, 2.24) is 15.1 Å². The minimum absolute atomic E-state index is 0.335. The fraction of sp³-hybridized carbons (Fsp3) is 0.667. The van der Waals surface area contributed by atoms with E-state index in [1.807, 2.05) is 7.05 Å². The van der Waals surface area contributed by atoms with Crippen molar-refractivity contribution < 1.29 is 4.74 Å². The highest BCUT2D eigenvalue weighted by molar-refractivity contribution is 8.00. The molecule has 2 unspecified atom stereocenters. The van der Waals surface area contributed by atoms with Gasteiger partial charge in [-0.15, -0.1) is 0 Å². The lowest BCUT2D eigenvalue weighted by Crippen LogP contribution is -2.47. The van der Waals surface area contributed by atoms with Gasteiger partial charge in [-0.05, 0) is 24.5 Å². The molecule has 0 aliphatic carbocycles. The third-order valence-electron chi connectivity index (χ3n) is 5.28. The van der Waals surface area contributed by atoms with Crippen molar-refractivity contribution in [2.24, 2.45) is 4.99 Å². The second-order valence-corrected chi connectivity index (χ2v) is 8.89. The van der Waals surface area contributed by atoms with Crippen molar-refractivity contribution in [3.63, 3.8) is 0 Å². The minimum Gasteiger partial charge on any atom is -0.376 e. The molecule has 1 N–H and O–H groups in total. The molecule has 0 amide bonds. The third-order valence-corrected chi connectivity index (χ3v) is 6.65. The SMILES string of the molecule is CCC1CN(C(=NC)NCc2cccc(CN3CCOC(C)C3)c2)CCS1. The van der Waals surface area contributed by atoms with Crippen LogP contribution in [0.25, 0.3) is 0 Å². The first-order valence-corrected chi connectivity index (χ1v) is 11.2. The summed E-state index contributed by atoms with van der Waals surface area (Å²) < 4.78 is 5.65. The topological polar surface area (TPSA) is 40.1 Å². The Morgan fingerprint density at radius 2 is 2.15 bits per heavy atom. The normalized spacial score (nSPS) is 24.9. The van der Waals surface area contributed by atoms with E-state index in [9.17, 15) is 0 Å². The molecule has 3 rings (SSSR count). The molecule has 0 aromatic heterocycles. The molecule has 27 heavy (non-hydrogen) atoms. The maximum Gasteiger partial charge on any atom is 0.193 e. The predicted molar refractivity (Wildman–Crippen MR) is 115 cm³/mol. The molecule has 1 aromatic carbocycles. The molecule has 0 saturated carbocycles. The number of thioether (sulfide) groups is 1. The van der Waals surface area contributed by atoms with Crippen LogP contribution in [0.5, 0.6) is 0 Å². The molecule has 2 fully saturated rings. The zero-order valence-electron chi connectivity index (χ0n) is 17.0. The average molecular weight is 391 g/mol. The van der Waals surface area contributed by atoms with Gasteiger partial charge in [0.15, 0.2) is 5.96 Å². The van der Waals surface area contributed by atoms with Crippen molar-refractivity contribution in [2.75, 3.05) is 45.6 Å². The summed E-state index contributed by atoms with van der Waals surface area (Å²) in [5, 5.41) is 4.29. The fourth-order valence-corrected chi connectivity index (χ4v) is 4.98. The van der Waals surface area contributed by atoms with Gasteiger partial charge in [-0.25, -0.2) is 0 Å². The summed E-state index contributed by atoms with van der Waals surface area (Å²) >= 11 is 2.09. The quantitative estimate of drug-likeness (QED) is 0.618. The lowest BCUT2D eigenvalue weighted by molar-refractivity contribution is -0.0212. The smallest absolute Gasteiger partial charge is 0.193 e. The highest BCUT2D eigenvalue weighted by atomic mass is 32.2. The van der Waals surface area contributed by atoms with E-state index in [-0.39, 0.29) is 0 Å². The van der Waals surface area contributed by atoms with Gasteiger partial charge in [0.25, 0.3) is 0 Å². The fourth-order valence-electron chi connectivity index (χ4n) is 3.80. The Balaban J connectivity index is 1.54. The van der Waals surface area contributed by atoms with Crippen molar-refractivity contribution in [2.45, 2.75) is 44.7 Å². The van der Waals surface area contributed by atoms with Gasteiger partial charge in [0.05, 0.1) is 12.7 Å². The second-order valence-electron chi connectivity index (χ2n) is 7.48. The Morgan fingerprint density at radius 1 is 1.30 bits per heavy atom. The van der Waals surface area contributed by atoms with E-state index in [1.165, 1.54) is 23.3 Å². The molecule has 2 heterocycles. The zero-order chi connectivity index (χ0) is 19.1. The van der Waals surface area contributed by atoms with Crippen LogP contribution in [0, 0.1) is 0 Å². The van der Waals surface area contributed by atoms with Crippen LogP contribution in [-0.2, 0) is 17.8 Å². The summed E-state index contributed by atoms with van der Waals surface area (Å²) in [5.74, 6) is 2.22. The number of hydrogen-bond acceptors (Lipinski definition) is 4. The number of nitrogens with one attached hydrogen (secondary N) is 1. The van der Waals surface area contributed by atoms with Crippen molar-refractivity contribution in [3.8, 4) is 0 Å². The standard InChI is InChI=1S/C21H34N4OS/c1-4-20-16-25(9-11-27-20)21(22-3)23-13-18-6-5-7-19(12-18)15-24-8-10-26-17(2)14-24/h5-7,12,17,20H,4,8-11,13-16H2,1-3H3,(H,22,23). The lowest BCUT2D eigenvalue weighted by Gasteiger charge is -2.34. The number of nitrogens with zero attached hydrogens (tertiary/aromatic N) is 3. The van der Waals surface area contributed by atoms with E-state index < -0.39 is 0 Å². The molecule has 0 bridgehead atoms. The molecular weight excluding hydrogens is 356 g/mol. The molecule has 2 aliphatic rings. The number of hydrogen-bond donors (Lipinski definition) is 1. The Bertz CT molecular complexity index is 624. The second kappa shape index (κ2) is 10.3. The van der Waals surface area contributed by atoms with E-state index in [4.69, 9.17) is 4.74 Å². The lowest BCUT2D eigenvalue weighted by atomic mass is 10.1. The molecule has 0 radical (unpaired) electrons. The molecule has 2 aliphatic heterocycles. The van der Waals surface area contributed by atoms with Crippen molar-refractivity contribution in [1.29, 1.82) is 0 Å². The Kier molecular flexibility index (Phi) is 7.85. The Morgan fingerprint density at radius 3 is 2.93 bits per heavy atom. The van der Waals surface area contributed by atoms with Crippen LogP contribution in [0.15, 0.2) is 29.3 Å². The molecule has 6 heteroatoms. The highest BCUT2D eigenvalue weighted by Gasteiger charge is 2.21. The largest absolute Gasteiger partial charge is 0.376 e. The summed E-state index contributed by atoms with van der Waals surface area (Å²) in [7, 11) is 1.89. The van der Waals surface area contributed by atoms with Crippen LogP contribution in [0.2, 0.25) is 0 Å². The van der Waals surface area contributed by atoms with Crippen LogP contribution < -0.4 is 5.32 Å². The zero-order valence-corrected chi connectivity index (χ0v) is 17.8. The van der Waals surface area contributed by atoms with E-state index in [1.54, 1.807) is 0 Å². The molecule has 1 aromatic rings. The van der Waals surface area contributed by atoms with Crippen LogP contribution >= 0.6 is 11.8 Å². The molecule has 150 valence electrons. The number of benzene rings is 1. The molecule has 0 spiro atoms. The van der Waals surface area contributed by atoms with E-state index in [0.29, 0.717) is 6.10 Å². The van der Waals surface area contributed by atoms with Crippen molar-refractivity contribution >= 4 is 17.7 Å². The van der Waals surface area contributed by atoms with Gasteiger partial charge in [-0.3, -0.25) is 9.89 Å². The summed E-state index contributed by atoms with van der Waals surface area (Å²) in [5.41, 5.74) is 2.69. The summed E-state index contributed by atoms with van der Waals surface area (Å²) in [6, 6.07) is 8.92. The molecule has 2 saturated heterocycles. The van der Waals surface area contributed by atoms with E-state index >= 15 is 0 Å². The Labute approximate surface area is 168 Å². The minimum atomic E-state index is 0.335. The third kappa shape index (κ3) is 6.13. The van der Waals surface area contributed by atoms with Crippen LogP contribution in [-0.4, -0.2) is 72.7 Å². The summed E-state index contributed by atoms with van der Waals surface area (Å²) in [6.45, 7) is 11.3. The summed E-state index contributed by atoms with van der Waals surface area (Å²) in [4.78, 5) is 9.41. The van der Waals surface area contributed by atoms with Gasteiger partial charge in [-0.1, -0.05) is 31.2 Å².